The van der Waals surface area contributed by atoms with Gasteiger partial charge in [-0.25, -0.2) is 4.98 Å². The van der Waals surface area contributed by atoms with Crippen molar-refractivity contribution in [1.82, 2.24) is 9.38 Å². The van der Waals surface area contributed by atoms with E-state index in [1.54, 1.807) is 6.33 Å². The minimum atomic E-state index is 0.418. The molecule has 1 aliphatic rings. The molecule has 0 bridgehead atoms. The van der Waals surface area contributed by atoms with Gasteiger partial charge in [-0.3, -0.25) is 0 Å². The molecule has 0 atom stereocenters. The Balaban J connectivity index is 1.81. The number of aromatic nitrogens is 2. The highest BCUT2D eigenvalue weighted by molar-refractivity contribution is 5.90. The Bertz CT molecular complexity index is 1290. The highest BCUT2D eigenvalue weighted by Crippen LogP contribution is 2.34. The van der Waals surface area contributed by atoms with E-state index in [0.717, 1.165) is 11.9 Å². The number of rotatable bonds is 5. The fraction of sp³-hybridized carbons (Fsp3) is 0.304. The normalized spacial score (nSPS) is 15.1. The first-order valence-electron chi connectivity index (χ1n) is 10.5. The molecule has 3 aromatic heterocycles. The van der Waals surface area contributed by atoms with Gasteiger partial charge < -0.3 is 28.4 Å². The average molecular weight is 420 g/mol. The number of anilines is 1. The molecule has 8 nitrogen and oxygen atoms in total. The zero-order chi connectivity index (χ0) is 21.2. The summed E-state index contributed by atoms with van der Waals surface area (Å²) in [6, 6.07) is 11.5. The fourth-order valence-electron chi connectivity index (χ4n) is 3.96. The standard InChI is InChI=1S/C23H24N4O4/c1-2-11-30-18-6-3-7-19-20(18)21(25-28)22(26-9-12-29-13-10-26)23(31-19)17-14-16-5-4-8-27(16)15-24-17/h3-8,14-15,28H,2,9-13H2,1H3. The molecule has 0 spiro atoms. The second kappa shape index (κ2) is 8.31. The van der Waals surface area contributed by atoms with E-state index in [0.29, 0.717) is 72.1 Å². The number of ether oxygens (including phenoxy) is 2. The van der Waals surface area contributed by atoms with Gasteiger partial charge in [-0.2, -0.15) is 0 Å². The molecule has 0 amide bonds. The Labute approximate surface area is 178 Å². The summed E-state index contributed by atoms with van der Waals surface area (Å²) in [7, 11) is 0. The number of fused-ring (bicyclic) bond motifs is 2. The Morgan fingerprint density at radius 1 is 1.19 bits per heavy atom. The van der Waals surface area contributed by atoms with Crippen LogP contribution in [-0.2, 0) is 4.74 Å². The molecule has 4 heterocycles. The summed E-state index contributed by atoms with van der Waals surface area (Å²) >= 11 is 0. The van der Waals surface area contributed by atoms with Crippen LogP contribution in [0.2, 0.25) is 0 Å². The zero-order valence-corrected chi connectivity index (χ0v) is 17.3. The molecule has 4 aromatic rings. The highest BCUT2D eigenvalue weighted by atomic mass is 16.5. The number of hydrogen-bond donors (Lipinski definition) is 1. The third-order valence-electron chi connectivity index (χ3n) is 5.42. The second-order valence-electron chi connectivity index (χ2n) is 7.42. The maximum absolute atomic E-state index is 10.2. The molecule has 1 fully saturated rings. The van der Waals surface area contributed by atoms with Gasteiger partial charge in [0.15, 0.2) is 5.76 Å². The topological polar surface area (TPSA) is 84.7 Å². The molecule has 1 N–H and O–H groups in total. The fourth-order valence-corrected chi connectivity index (χ4v) is 3.96. The first kappa shape index (κ1) is 19.4. The molecule has 0 unspecified atom stereocenters. The lowest BCUT2D eigenvalue weighted by Gasteiger charge is -2.30. The van der Waals surface area contributed by atoms with Gasteiger partial charge in [-0.05, 0) is 36.8 Å². The maximum atomic E-state index is 10.2. The predicted octanol–water partition coefficient (Wildman–Crippen LogP) is 3.66. The van der Waals surface area contributed by atoms with Gasteiger partial charge >= 0.3 is 0 Å². The van der Waals surface area contributed by atoms with Crippen LogP contribution < -0.4 is 15.0 Å². The number of hydrogen-bond acceptors (Lipinski definition) is 7. The van der Waals surface area contributed by atoms with Gasteiger partial charge in [-0.15, -0.1) is 0 Å². The first-order valence-corrected chi connectivity index (χ1v) is 10.5. The van der Waals surface area contributed by atoms with E-state index < -0.39 is 0 Å². The van der Waals surface area contributed by atoms with Crippen molar-refractivity contribution in [3.05, 3.63) is 54.3 Å². The van der Waals surface area contributed by atoms with Crippen molar-refractivity contribution in [2.24, 2.45) is 5.16 Å². The van der Waals surface area contributed by atoms with E-state index in [-0.39, 0.29) is 0 Å². The van der Waals surface area contributed by atoms with Crippen LogP contribution in [0.1, 0.15) is 13.3 Å². The van der Waals surface area contributed by atoms with E-state index in [1.807, 2.05) is 53.9 Å². The van der Waals surface area contributed by atoms with Crippen LogP contribution in [0.25, 0.3) is 27.9 Å². The van der Waals surface area contributed by atoms with Crippen LogP contribution in [0.15, 0.2) is 58.5 Å². The lowest BCUT2D eigenvalue weighted by atomic mass is 10.1. The molecule has 1 aliphatic heterocycles. The average Bonchev–Trinajstić information content (AvgIpc) is 3.30. The summed E-state index contributed by atoms with van der Waals surface area (Å²) in [4.78, 5) is 6.74. The Kier molecular flexibility index (Phi) is 5.21. The summed E-state index contributed by atoms with van der Waals surface area (Å²) in [5, 5.41) is 14.9. The third-order valence-corrected chi connectivity index (χ3v) is 5.42. The van der Waals surface area contributed by atoms with Crippen molar-refractivity contribution in [3.63, 3.8) is 0 Å². The quantitative estimate of drug-likeness (QED) is 0.392. The summed E-state index contributed by atoms with van der Waals surface area (Å²) in [6.45, 7) is 5.09. The predicted molar refractivity (Wildman–Crippen MR) is 117 cm³/mol. The molecule has 160 valence electrons. The van der Waals surface area contributed by atoms with Gasteiger partial charge in [0.2, 0.25) is 0 Å². The molecule has 1 aromatic carbocycles. The molecule has 5 rings (SSSR count). The maximum Gasteiger partial charge on any atom is 0.178 e. The van der Waals surface area contributed by atoms with Gasteiger partial charge in [0.05, 0.1) is 31.5 Å². The van der Waals surface area contributed by atoms with Crippen LogP contribution in [-0.4, -0.2) is 47.5 Å². The van der Waals surface area contributed by atoms with Gasteiger partial charge in [0.25, 0.3) is 0 Å². The summed E-state index contributed by atoms with van der Waals surface area (Å²) in [6.07, 6.45) is 4.57. The second-order valence-corrected chi connectivity index (χ2v) is 7.42. The van der Waals surface area contributed by atoms with E-state index in [1.165, 1.54) is 0 Å². The van der Waals surface area contributed by atoms with Crippen molar-refractivity contribution in [1.29, 1.82) is 0 Å². The first-order chi connectivity index (χ1) is 15.3. The van der Waals surface area contributed by atoms with Crippen LogP contribution in [0.3, 0.4) is 0 Å². The van der Waals surface area contributed by atoms with E-state index in [2.05, 4.69) is 15.0 Å². The van der Waals surface area contributed by atoms with Crippen LogP contribution >= 0.6 is 0 Å². The summed E-state index contributed by atoms with van der Waals surface area (Å²) in [5.41, 5.74) is 2.93. The third kappa shape index (κ3) is 3.48. The molecule has 31 heavy (non-hydrogen) atoms. The largest absolute Gasteiger partial charge is 0.493 e. The van der Waals surface area contributed by atoms with E-state index in [9.17, 15) is 5.21 Å². The molecule has 0 saturated carbocycles. The molecule has 0 radical (unpaired) electrons. The highest BCUT2D eigenvalue weighted by Gasteiger charge is 2.25. The molecule has 1 saturated heterocycles. The minimum absolute atomic E-state index is 0.418. The monoisotopic (exact) mass is 420 g/mol. The van der Waals surface area contributed by atoms with E-state index in [4.69, 9.17) is 13.9 Å². The number of morpholine rings is 1. The van der Waals surface area contributed by atoms with E-state index >= 15 is 0 Å². The molecular formula is C23H24N4O4. The zero-order valence-electron chi connectivity index (χ0n) is 17.3. The van der Waals surface area contributed by atoms with Crippen LogP contribution in [0, 0.1) is 0 Å². The van der Waals surface area contributed by atoms with Crippen molar-refractivity contribution in [2.75, 3.05) is 37.8 Å². The molecule has 8 heteroatoms. The lowest BCUT2D eigenvalue weighted by Crippen LogP contribution is -2.39. The lowest BCUT2D eigenvalue weighted by molar-refractivity contribution is 0.122. The summed E-state index contributed by atoms with van der Waals surface area (Å²) in [5.74, 6) is 1.19. The minimum Gasteiger partial charge on any atom is -0.493 e. The Morgan fingerprint density at radius 3 is 2.87 bits per heavy atom. The van der Waals surface area contributed by atoms with Crippen molar-refractivity contribution in [2.45, 2.75) is 13.3 Å². The van der Waals surface area contributed by atoms with Crippen LogP contribution in [0.4, 0.5) is 5.69 Å². The van der Waals surface area contributed by atoms with Crippen molar-refractivity contribution in [3.8, 4) is 17.2 Å². The van der Waals surface area contributed by atoms with Gasteiger partial charge in [0.1, 0.15) is 28.1 Å². The molecular weight excluding hydrogens is 396 g/mol. The van der Waals surface area contributed by atoms with Crippen LogP contribution in [0.5, 0.6) is 5.75 Å². The Hall–Kier alpha value is -3.52. The molecule has 0 aliphatic carbocycles. The van der Waals surface area contributed by atoms with Crippen molar-refractivity contribution >= 4 is 22.2 Å². The number of benzene rings is 1. The SMILES string of the molecule is CCCOc1cccc2oc(-c3cc4cccn4cn3)c(N3CCOCC3)c(=NO)c12. The van der Waals surface area contributed by atoms with Gasteiger partial charge in [-0.1, -0.05) is 18.1 Å². The smallest absolute Gasteiger partial charge is 0.178 e. The van der Waals surface area contributed by atoms with Crippen molar-refractivity contribution < 1.29 is 19.1 Å². The summed E-state index contributed by atoms with van der Waals surface area (Å²) < 4.78 is 19.8. The Morgan fingerprint density at radius 2 is 2.06 bits per heavy atom. The number of nitrogens with zero attached hydrogens (tertiary/aromatic N) is 4. The van der Waals surface area contributed by atoms with Gasteiger partial charge in [0, 0.05) is 24.8 Å².